The SMILES string of the molecule is CC(C)(C)c1ccc(NC(=O)N2CCC3(CC2)CC(Cc2ccccc2)=NO3)cc1. The van der Waals surface area contributed by atoms with Gasteiger partial charge in [-0.3, -0.25) is 0 Å². The molecule has 2 aliphatic heterocycles. The molecule has 2 amide bonds. The number of carbonyl (C=O) groups excluding carboxylic acids is 1. The van der Waals surface area contributed by atoms with E-state index in [4.69, 9.17) is 4.84 Å². The molecule has 1 spiro atoms. The summed E-state index contributed by atoms with van der Waals surface area (Å²) in [6, 6.07) is 18.4. The third kappa shape index (κ3) is 4.66. The second-order valence-corrected chi connectivity index (χ2v) is 9.52. The van der Waals surface area contributed by atoms with E-state index in [1.165, 1.54) is 11.1 Å². The minimum Gasteiger partial charge on any atom is -0.389 e. The van der Waals surface area contributed by atoms with Crippen molar-refractivity contribution in [2.75, 3.05) is 18.4 Å². The van der Waals surface area contributed by atoms with E-state index in [-0.39, 0.29) is 17.0 Å². The maximum Gasteiger partial charge on any atom is 0.321 e. The number of hydrogen-bond acceptors (Lipinski definition) is 3. The first-order chi connectivity index (χ1) is 14.3. The van der Waals surface area contributed by atoms with E-state index in [9.17, 15) is 4.79 Å². The third-order valence-electron chi connectivity index (χ3n) is 6.11. The fourth-order valence-electron chi connectivity index (χ4n) is 4.17. The average Bonchev–Trinajstić information content (AvgIpc) is 3.11. The quantitative estimate of drug-likeness (QED) is 0.746. The van der Waals surface area contributed by atoms with Crippen molar-refractivity contribution in [3.8, 4) is 0 Å². The number of nitrogens with one attached hydrogen (secondary N) is 1. The highest BCUT2D eigenvalue weighted by Gasteiger charge is 2.42. The second-order valence-electron chi connectivity index (χ2n) is 9.52. The smallest absolute Gasteiger partial charge is 0.321 e. The van der Waals surface area contributed by atoms with E-state index >= 15 is 0 Å². The Bertz CT molecular complexity index is 906. The van der Waals surface area contributed by atoms with Crippen LogP contribution in [-0.4, -0.2) is 35.3 Å². The molecule has 4 rings (SSSR count). The normalized spacial score (nSPS) is 18.1. The molecule has 0 atom stereocenters. The van der Waals surface area contributed by atoms with Crippen molar-refractivity contribution in [1.82, 2.24) is 4.90 Å². The number of oxime groups is 1. The molecule has 0 saturated carbocycles. The number of piperidine rings is 1. The molecule has 5 heteroatoms. The van der Waals surface area contributed by atoms with Gasteiger partial charge in [0.2, 0.25) is 0 Å². The summed E-state index contributed by atoms with van der Waals surface area (Å²) >= 11 is 0. The summed E-state index contributed by atoms with van der Waals surface area (Å²) in [6.07, 6.45) is 3.30. The predicted octanol–water partition coefficient (Wildman–Crippen LogP) is 5.37. The molecule has 2 aromatic carbocycles. The van der Waals surface area contributed by atoms with Gasteiger partial charge in [-0.1, -0.05) is 68.4 Å². The van der Waals surface area contributed by atoms with Crippen LogP contribution in [0.3, 0.4) is 0 Å². The summed E-state index contributed by atoms with van der Waals surface area (Å²) in [5.41, 5.74) is 4.30. The van der Waals surface area contributed by atoms with Gasteiger partial charge in [0, 0.05) is 44.5 Å². The van der Waals surface area contributed by atoms with Gasteiger partial charge >= 0.3 is 6.03 Å². The molecule has 0 aromatic heterocycles. The van der Waals surface area contributed by atoms with Gasteiger partial charge in [0.25, 0.3) is 0 Å². The first kappa shape index (κ1) is 20.5. The molecule has 1 fully saturated rings. The molecule has 0 aliphatic carbocycles. The molecule has 2 heterocycles. The lowest BCUT2D eigenvalue weighted by atomic mass is 9.86. The molecule has 1 saturated heterocycles. The van der Waals surface area contributed by atoms with Crippen molar-refractivity contribution in [3.05, 3.63) is 65.7 Å². The summed E-state index contributed by atoms with van der Waals surface area (Å²) in [6.45, 7) is 7.92. The molecular weight excluding hydrogens is 374 g/mol. The van der Waals surface area contributed by atoms with Crippen LogP contribution in [-0.2, 0) is 16.7 Å². The van der Waals surface area contributed by atoms with Crippen molar-refractivity contribution in [1.29, 1.82) is 0 Å². The number of urea groups is 1. The number of nitrogens with zero attached hydrogens (tertiary/aromatic N) is 2. The number of hydrogen-bond donors (Lipinski definition) is 1. The Kier molecular flexibility index (Phi) is 5.54. The number of likely N-dealkylation sites (tertiary alicyclic amines) is 1. The van der Waals surface area contributed by atoms with Gasteiger partial charge in [-0.15, -0.1) is 0 Å². The van der Waals surface area contributed by atoms with Crippen LogP contribution in [0.2, 0.25) is 0 Å². The molecule has 30 heavy (non-hydrogen) atoms. The summed E-state index contributed by atoms with van der Waals surface area (Å²) in [7, 11) is 0. The lowest BCUT2D eigenvalue weighted by Gasteiger charge is -2.37. The van der Waals surface area contributed by atoms with E-state index in [2.05, 4.69) is 67.6 Å². The van der Waals surface area contributed by atoms with E-state index in [1.54, 1.807) is 0 Å². The van der Waals surface area contributed by atoms with Crippen molar-refractivity contribution in [2.24, 2.45) is 5.16 Å². The minimum absolute atomic E-state index is 0.0446. The molecule has 2 aromatic rings. The van der Waals surface area contributed by atoms with Gasteiger partial charge in [-0.05, 0) is 28.7 Å². The molecule has 158 valence electrons. The first-order valence-corrected chi connectivity index (χ1v) is 10.8. The Morgan fingerprint density at radius 2 is 1.73 bits per heavy atom. The van der Waals surface area contributed by atoms with Gasteiger partial charge in [-0.2, -0.15) is 0 Å². The van der Waals surface area contributed by atoms with Crippen LogP contribution in [0.25, 0.3) is 0 Å². The van der Waals surface area contributed by atoms with Gasteiger partial charge in [-0.25, -0.2) is 4.79 Å². The summed E-state index contributed by atoms with van der Waals surface area (Å²) in [5, 5.41) is 7.40. The van der Waals surface area contributed by atoms with Crippen LogP contribution >= 0.6 is 0 Å². The molecule has 0 radical (unpaired) electrons. The standard InChI is InChI=1S/C25H31N3O2/c1-24(2,3)20-9-11-21(12-10-20)26-23(29)28-15-13-25(14-16-28)18-22(27-30-25)17-19-7-5-4-6-8-19/h4-12H,13-18H2,1-3H3,(H,26,29). The Labute approximate surface area is 179 Å². The highest BCUT2D eigenvalue weighted by atomic mass is 16.7. The first-order valence-electron chi connectivity index (χ1n) is 10.8. The zero-order valence-corrected chi connectivity index (χ0v) is 18.1. The molecule has 0 unspecified atom stereocenters. The van der Waals surface area contributed by atoms with Crippen LogP contribution < -0.4 is 5.32 Å². The Hall–Kier alpha value is -2.82. The van der Waals surface area contributed by atoms with Crippen molar-refractivity contribution < 1.29 is 9.63 Å². The number of carbonyl (C=O) groups is 1. The van der Waals surface area contributed by atoms with Gasteiger partial charge in [0.15, 0.2) is 0 Å². The highest BCUT2D eigenvalue weighted by molar-refractivity contribution is 5.90. The largest absolute Gasteiger partial charge is 0.389 e. The zero-order chi connectivity index (χ0) is 21.2. The number of rotatable bonds is 3. The Morgan fingerprint density at radius 3 is 2.37 bits per heavy atom. The maximum absolute atomic E-state index is 12.7. The average molecular weight is 406 g/mol. The van der Waals surface area contributed by atoms with Gasteiger partial charge in [0.1, 0.15) is 5.60 Å². The molecule has 2 aliphatic rings. The van der Waals surface area contributed by atoms with Crippen LogP contribution in [0, 0.1) is 0 Å². The van der Waals surface area contributed by atoms with Gasteiger partial charge in [0.05, 0.1) is 5.71 Å². The summed E-state index contributed by atoms with van der Waals surface area (Å²) in [5.74, 6) is 0. The van der Waals surface area contributed by atoms with E-state index in [0.29, 0.717) is 13.1 Å². The Morgan fingerprint density at radius 1 is 1.07 bits per heavy atom. The maximum atomic E-state index is 12.7. The topological polar surface area (TPSA) is 53.9 Å². The van der Waals surface area contributed by atoms with Crippen LogP contribution in [0.5, 0.6) is 0 Å². The van der Waals surface area contributed by atoms with Crippen LogP contribution in [0.1, 0.15) is 51.2 Å². The second kappa shape index (κ2) is 8.13. The van der Waals surface area contributed by atoms with Crippen molar-refractivity contribution in [3.63, 3.8) is 0 Å². The van der Waals surface area contributed by atoms with Crippen molar-refractivity contribution in [2.45, 2.75) is 57.5 Å². The molecule has 0 bridgehead atoms. The summed E-state index contributed by atoms with van der Waals surface area (Å²) in [4.78, 5) is 20.5. The van der Waals surface area contributed by atoms with Gasteiger partial charge < -0.3 is 15.1 Å². The number of amides is 2. The number of anilines is 1. The molecule has 1 N–H and O–H groups in total. The van der Waals surface area contributed by atoms with Crippen molar-refractivity contribution >= 4 is 17.4 Å². The fraction of sp³-hybridized carbons (Fsp3) is 0.440. The van der Waals surface area contributed by atoms with E-state index in [1.807, 2.05) is 23.1 Å². The fourth-order valence-corrected chi connectivity index (χ4v) is 4.17. The third-order valence-corrected chi connectivity index (χ3v) is 6.11. The monoisotopic (exact) mass is 405 g/mol. The minimum atomic E-state index is -0.241. The number of benzene rings is 2. The summed E-state index contributed by atoms with van der Waals surface area (Å²) < 4.78 is 0. The Balaban J connectivity index is 1.28. The van der Waals surface area contributed by atoms with Crippen LogP contribution in [0.4, 0.5) is 10.5 Å². The van der Waals surface area contributed by atoms with E-state index in [0.717, 1.165) is 37.1 Å². The predicted molar refractivity (Wildman–Crippen MR) is 121 cm³/mol. The molecular formula is C25H31N3O2. The molecule has 5 nitrogen and oxygen atoms in total. The lowest BCUT2D eigenvalue weighted by molar-refractivity contribution is -0.0544. The van der Waals surface area contributed by atoms with Crippen LogP contribution in [0.15, 0.2) is 59.8 Å². The zero-order valence-electron chi connectivity index (χ0n) is 18.1. The lowest BCUT2D eigenvalue weighted by Crippen LogP contribution is -2.48. The highest BCUT2D eigenvalue weighted by Crippen LogP contribution is 2.35. The van der Waals surface area contributed by atoms with E-state index < -0.39 is 0 Å².